The van der Waals surface area contributed by atoms with Crippen LogP contribution in [0.4, 0.5) is 34.1 Å². The minimum Gasteiger partial charge on any atom is -0.310 e. The Morgan fingerprint density at radius 2 is 0.657 bits per heavy atom. The quantitative estimate of drug-likeness (QED) is 0.135. The molecule has 0 saturated heterocycles. The highest BCUT2D eigenvalue weighted by molar-refractivity contribution is 7.25. The summed E-state index contributed by atoms with van der Waals surface area (Å²) in [5.74, 6) is 0. The minimum absolute atomic E-state index is 1.09. The van der Waals surface area contributed by atoms with E-state index in [1.54, 1.807) is 0 Å². The summed E-state index contributed by atoms with van der Waals surface area (Å²) < 4.78 is 4.99. The third-order valence-electron chi connectivity index (χ3n) is 13.6. The molecule has 0 atom stereocenters. The van der Waals surface area contributed by atoms with E-state index in [1.165, 1.54) is 69.8 Å². The van der Waals surface area contributed by atoms with Gasteiger partial charge < -0.3 is 14.4 Å². The van der Waals surface area contributed by atoms with Gasteiger partial charge in [0.15, 0.2) is 0 Å². The van der Waals surface area contributed by atoms with Crippen molar-refractivity contribution < 1.29 is 0 Å². The highest BCUT2D eigenvalue weighted by atomic mass is 32.1. The third-order valence-corrected chi connectivity index (χ3v) is 14.7. The van der Waals surface area contributed by atoms with Crippen LogP contribution in [0.3, 0.4) is 0 Å². The second-order valence-corrected chi connectivity index (χ2v) is 18.8. The van der Waals surface area contributed by atoms with Crippen LogP contribution in [0.25, 0.3) is 81.0 Å². The van der Waals surface area contributed by atoms with E-state index in [0.29, 0.717) is 0 Å². The lowest BCUT2D eigenvalue weighted by Crippen LogP contribution is -2.10. The van der Waals surface area contributed by atoms with Crippen molar-refractivity contribution in [2.45, 2.75) is 0 Å². The zero-order valence-corrected chi connectivity index (χ0v) is 39.0. The van der Waals surface area contributed by atoms with Gasteiger partial charge in [-0.1, -0.05) is 158 Å². The van der Waals surface area contributed by atoms with Crippen molar-refractivity contribution in [1.82, 2.24) is 4.57 Å². The van der Waals surface area contributed by atoms with Crippen molar-refractivity contribution in [3.63, 3.8) is 0 Å². The van der Waals surface area contributed by atoms with E-state index in [4.69, 9.17) is 0 Å². The van der Waals surface area contributed by atoms with Gasteiger partial charge in [-0.15, -0.1) is 11.3 Å². The van der Waals surface area contributed by atoms with Crippen LogP contribution in [-0.4, -0.2) is 4.57 Å². The van der Waals surface area contributed by atoms with Crippen molar-refractivity contribution in [3.05, 3.63) is 273 Å². The zero-order chi connectivity index (χ0) is 46.4. The second kappa shape index (κ2) is 17.6. The van der Waals surface area contributed by atoms with Crippen LogP contribution in [0, 0.1) is 0 Å². The Morgan fingerprint density at radius 3 is 1.29 bits per heavy atom. The van der Waals surface area contributed by atoms with Gasteiger partial charge in [0, 0.05) is 70.8 Å². The monoisotopic (exact) mass is 911 g/mol. The van der Waals surface area contributed by atoms with Gasteiger partial charge in [0.05, 0.1) is 11.0 Å². The van der Waals surface area contributed by atoms with Crippen molar-refractivity contribution in [1.29, 1.82) is 0 Å². The lowest BCUT2D eigenvalue weighted by atomic mass is 9.98. The van der Waals surface area contributed by atoms with Crippen LogP contribution in [0.2, 0.25) is 0 Å². The second-order valence-electron chi connectivity index (χ2n) is 17.8. The average molecular weight is 912 g/mol. The third kappa shape index (κ3) is 7.48. The van der Waals surface area contributed by atoms with E-state index in [2.05, 4.69) is 287 Å². The topological polar surface area (TPSA) is 11.4 Å². The molecule has 0 spiro atoms. The Labute approximate surface area is 411 Å². The number of aromatic nitrogens is 1. The molecular formula is C66H45N3S. The molecule has 4 heteroatoms. The molecule has 11 aromatic carbocycles. The zero-order valence-electron chi connectivity index (χ0n) is 38.2. The number of thiophene rings is 1. The summed E-state index contributed by atoms with van der Waals surface area (Å²) in [6.07, 6.45) is 0. The van der Waals surface area contributed by atoms with Crippen molar-refractivity contribution in [3.8, 4) is 39.1 Å². The molecule has 0 amide bonds. The van der Waals surface area contributed by atoms with Crippen molar-refractivity contribution in [2.75, 3.05) is 9.80 Å². The summed E-state index contributed by atoms with van der Waals surface area (Å²) >= 11 is 1.85. The first kappa shape index (κ1) is 41.2. The van der Waals surface area contributed by atoms with E-state index in [-0.39, 0.29) is 0 Å². The van der Waals surface area contributed by atoms with E-state index < -0.39 is 0 Å². The van der Waals surface area contributed by atoms with Crippen molar-refractivity contribution >= 4 is 87.4 Å². The largest absolute Gasteiger partial charge is 0.310 e. The molecule has 2 heterocycles. The Bertz CT molecular complexity index is 3970. The number of rotatable bonds is 10. The standard InChI is InChI=1S/C66H45N3S/c1-4-15-46(16-5-1)47-27-33-55(34-28-47)68(57-39-41-64-61(44-57)59-23-10-12-25-63(59)69(64)53-21-8-3-9-22-53)56-37-31-49(32-38-56)51-18-14-17-50(43-51)48-29-35-54(36-30-48)67(52-19-6-2-7-20-52)58-40-42-66-62(45-58)60-24-11-13-26-65(60)70-66/h1-45H. The predicted molar refractivity (Wildman–Crippen MR) is 299 cm³/mol. The van der Waals surface area contributed by atoms with Gasteiger partial charge >= 0.3 is 0 Å². The van der Waals surface area contributed by atoms with Crippen LogP contribution in [-0.2, 0) is 0 Å². The molecule has 0 N–H and O–H groups in total. The number of para-hydroxylation sites is 3. The van der Waals surface area contributed by atoms with Crippen LogP contribution in [0.15, 0.2) is 273 Å². The van der Waals surface area contributed by atoms with Crippen LogP contribution < -0.4 is 9.80 Å². The summed E-state index contributed by atoms with van der Waals surface area (Å²) in [5, 5.41) is 5.03. The summed E-state index contributed by atoms with van der Waals surface area (Å²) in [5.41, 5.74) is 17.2. The van der Waals surface area contributed by atoms with Gasteiger partial charge in [-0.05, 0) is 149 Å². The van der Waals surface area contributed by atoms with E-state index in [0.717, 1.165) is 45.4 Å². The highest BCUT2D eigenvalue weighted by Gasteiger charge is 2.19. The Balaban J connectivity index is 0.841. The van der Waals surface area contributed by atoms with Crippen LogP contribution in [0.1, 0.15) is 0 Å². The Hall–Kier alpha value is -8.96. The van der Waals surface area contributed by atoms with Crippen LogP contribution >= 0.6 is 11.3 Å². The molecule has 13 aromatic rings. The highest BCUT2D eigenvalue weighted by Crippen LogP contribution is 2.43. The first-order valence-corrected chi connectivity index (χ1v) is 24.6. The number of fused-ring (bicyclic) bond motifs is 6. The van der Waals surface area contributed by atoms with E-state index in [1.807, 2.05) is 11.3 Å². The normalized spacial score (nSPS) is 11.4. The molecule has 0 aliphatic carbocycles. The number of benzene rings is 11. The number of hydrogen-bond donors (Lipinski definition) is 0. The first-order chi connectivity index (χ1) is 34.7. The lowest BCUT2D eigenvalue weighted by molar-refractivity contribution is 1.18. The Kier molecular flexibility index (Phi) is 10.4. The van der Waals surface area contributed by atoms with Gasteiger partial charge in [-0.3, -0.25) is 0 Å². The molecule has 0 fully saturated rings. The van der Waals surface area contributed by atoms with E-state index in [9.17, 15) is 0 Å². The molecule has 3 nitrogen and oxygen atoms in total. The molecule has 2 aromatic heterocycles. The number of anilines is 6. The van der Waals surface area contributed by atoms with Crippen molar-refractivity contribution in [2.24, 2.45) is 0 Å². The molecule has 70 heavy (non-hydrogen) atoms. The van der Waals surface area contributed by atoms with Crippen LogP contribution in [0.5, 0.6) is 0 Å². The first-order valence-electron chi connectivity index (χ1n) is 23.8. The lowest BCUT2D eigenvalue weighted by Gasteiger charge is -2.26. The van der Waals surface area contributed by atoms with Gasteiger partial charge in [0.2, 0.25) is 0 Å². The van der Waals surface area contributed by atoms with Gasteiger partial charge in [0.25, 0.3) is 0 Å². The molecule has 0 unspecified atom stereocenters. The maximum atomic E-state index is 2.38. The molecule has 0 bridgehead atoms. The molecule has 0 aliphatic rings. The predicted octanol–water partition coefficient (Wildman–Crippen LogP) is 19.1. The maximum Gasteiger partial charge on any atom is 0.0542 e. The SMILES string of the molecule is c1ccc(-c2ccc(N(c3ccc(-c4cccc(-c5ccc(N(c6ccccc6)c6ccc7sc8ccccc8c7c6)cc5)c4)cc3)c3ccc4c(c3)c3ccccc3n4-c3ccccc3)cc2)cc1. The fourth-order valence-electron chi connectivity index (χ4n) is 10.2. The fraction of sp³-hybridized carbons (Fsp3) is 0. The Morgan fingerprint density at radius 1 is 0.243 bits per heavy atom. The molecular weight excluding hydrogens is 867 g/mol. The number of nitrogens with zero attached hydrogens (tertiary/aromatic N) is 3. The average Bonchev–Trinajstić information content (AvgIpc) is 3.98. The van der Waals surface area contributed by atoms with Gasteiger partial charge in [0.1, 0.15) is 0 Å². The smallest absolute Gasteiger partial charge is 0.0542 e. The fourth-order valence-corrected chi connectivity index (χ4v) is 11.3. The number of hydrogen-bond acceptors (Lipinski definition) is 3. The molecule has 330 valence electrons. The summed E-state index contributed by atoms with van der Waals surface area (Å²) in [6, 6.07) is 99.0. The summed E-state index contributed by atoms with van der Waals surface area (Å²) in [7, 11) is 0. The summed E-state index contributed by atoms with van der Waals surface area (Å²) in [6.45, 7) is 0. The summed E-state index contributed by atoms with van der Waals surface area (Å²) in [4.78, 5) is 4.74. The molecule has 13 rings (SSSR count). The van der Waals surface area contributed by atoms with Gasteiger partial charge in [-0.25, -0.2) is 0 Å². The van der Waals surface area contributed by atoms with E-state index >= 15 is 0 Å². The molecule has 0 aliphatic heterocycles. The minimum atomic E-state index is 1.09. The van der Waals surface area contributed by atoms with Gasteiger partial charge in [-0.2, -0.15) is 0 Å². The molecule has 0 radical (unpaired) electrons. The maximum absolute atomic E-state index is 2.38. The molecule has 0 saturated carbocycles.